The lowest BCUT2D eigenvalue weighted by molar-refractivity contribution is 0.313. The van der Waals surface area contributed by atoms with Gasteiger partial charge in [0.15, 0.2) is 0 Å². The summed E-state index contributed by atoms with van der Waals surface area (Å²) in [5, 5.41) is 16.1. The van der Waals surface area contributed by atoms with E-state index in [0.29, 0.717) is 6.04 Å². The number of nitrogens with one attached hydrogen (secondary N) is 1. The predicted octanol–water partition coefficient (Wildman–Crippen LogP) is 0.385. The van der Waals surface area contributed by atoms with Crippen LogP contribution in [0, 0.1) is 0 Å². The third-order valence-corrected chi connectivity index (χ3v) is 3.16. The number of aryl methyl sites for hydroxylation is 2. The monoisotopic (exact) mass is 232 g/mol. The van der Waals surface area contributed by atoms with Crippen LogP contribution >= 0.6 is 0 Å². The highest BCUT2D eigenvalue weighted by atomic mass is 15.5. The second-order valence-electron chi connectivity index (χ2n) is 4.41. The fourth-order valence-corrected chi connectivity index (χ4v) is 2.05. The van der Waals surface area contributed by atoms with Gasteiger partial charge >= 0.3 is 0 Å². The second-order valence-corrected chi connectivity index (χ2v) is 4.41. The minimum Gasteiger partial charge on any atom is -0.312 e. The van der Waals surface area contributed by atoms with Crippen molar-refractivity contribution in [3.8, 4) is 11.3 Å². The molecular weight excluding hydrogens is 216 g/mol. The SMILES string of the molecule is CCc1nn(C)cc1-c1cn(C2CNC2)nn1. The highest BCUT2D eigenvalue weighted by molar-refractivity contribution is 5.59. The van der Waals surface area contributed by atoms with Crippen LogP contribution in [0.3, 0.4) is 0 Å². The van der Waals surface area contributed by atoms with E-state index in [1.165, 1.54) is 0 Å². The van der Waals surface area contributed by atoms with Gasteiger partial charge in [-0.15, -0.1) is 5.10 Å². The fourth-order valence-electron chi connectivity index (χ4n) is 2.05. The fraction of sp³-hybridized carbons (Fsp3) is 0.545. The summed E-state index contributed by atoms with van der Waals surface area (Å²) in [6.45, 7) is 4.07. The molecule has 0 amide bonds. The Kier molecular flexibility index (Phi) is 2.44. The molecule has 17 heavy (non-hydrogen) atoms. The Morgan fingerprint density at radius 1 is 1.41 bits per heavy atom. The van der Waals surface area contributed by atoms with Gasteiger partial charge in [0.1, 0.15) is 5.69 Å². The second kappa shape index (κ2) is 3.96. The molecule has 3 rings (SSSR count). The van der Waals surface area contributed by atoms with Gasteiger partial charge in [0.25, 0.3) is 0 Å². The van der Waals surface area contributed by atoms with Crippen LogP contribution < -0.4 is 5.32 Å². The maximum absolute atomic E-state index is 4.42. The lowest BCUT2D eigenvalue weighted by Crippen LogP contribution is -2.43. The van der Waals surface area contributed by atoms with Crippen LogP contribution in [0.1, 0.15) is 18.7 Å². The molecule has 1 aliphatic rings. The molecule has 0 atom stereocenters. The highest BCUT2D eigenvalue weighted by Crippen LogP contribution is 2.22. The van der Waals surface area contributed by atoms with E-state index in [0.717, 1.165) is 36.5 Å². The molecule has 2 aromatic rings. The zero-order valence-electron chi connectivity index (χ0n) is 10.1. The molecule has 3 heterocycles. The Hall–Kier alpha value is -1.69. The van der Waals surface area contributed by atoms with E-state index in [-0.39, 0.29) is 0 Å². The van der Waals surface area contributed by atoms with Gasteiger partial charge in [-0.1, -0.05) is 12.1 Å². The Morgan fingerprint density at radius 2 is 2.24 bits per heavy atom. The van der Waals surface area contributed by atoms with E-state index in [9.17, 15) is 0 Å². The van der Waals surface area contributed by atoms with Gasteiger partial charge in [0.2, 0.25) is 0 Å². The van der Waals surface area contributed by atoms with Crippen LogP contribution in [0.15, 0.2) is 12.4 Å². The predicted molar refractivity (Wildman–Crippen MR) is 63.5 cm³/mol. The Bertz CT molecular complexity index is 522. The molecule has 0 unspecified atom stereocenters. The first-order valence-corrected chi connectivity index (χ1v) is 5.93. The zero-order valence-corrected chi connectivity index (χ0v) is 10.1. The van der Waals surface area contributed by atoms with Crippen LogP contribution in [0.5, 0.6) is 0 Å². The Morgan fingerprint density at radius 3 is 2.88 bits per heavy atom. The summed E-state index contributed by atoms with van der Waals surface area (Å²) in [7, 11) is 1.93. The van der Waals surface area contributed by atoms with Gasteiger partial charge in [-0.25, -0.2) is 4.68 Å². The van der Waals surface area contributed by atoms with Crippen LogP contribution in [-0.4, -0.2) is 37.9 Å². The summed E-state index contributed by atoms with van der Waals surface area (Å²) < 4.78 is 3.77. The van der Waals surface area contributed by atoms with Crippen LogP contribution in [0.25, 0.3) is 11.3 Å². The quantitative estimate of drug-likeness (QED) is 0.831. The average Bonchev–Trinajstić information content (AvgIpc) is 2.82. The summed E-state index contributed by atoms with van der Waals surface area (Å²) in [6.07, 6.45) is 4.93. The lowest BCUT2D eigenvalue weighted by Gasteiger charge is -2.26. The van der Waals surface area contributed by atoms with Crippen molar-refractivity contribution in [3.05, 3.63) is 18.1 Å². The molecule has 90 valence electrons. The van der Waals surface area contributed by atoms with Gasteiger partial charge < -0.3 is 5.32 Å². The van der Waals surface area contributed by atoms with Crippen LogP contribution in [0.2, 0.25) is 0 Å². The van der Waals surface area contributed by atoms with Crippen molar-refractivity contribution in [2.24, 2.45) is 7.05 Å². The molecule has 0 aliphatic carbocycles. The van der Waals surface area contributed by atoms with E-state index in [1.54, 1.807) is 0 Å². The van der Waals surface area contributed by atoms with Gasteiger partial charge in [-0.05, 0) is 6.42 Å². The molecule has 6 heteroatoms. The molecule has 1 saturated heterocycles. The first-order chi connectivity index (χ1) is 8.28. The molecular formula is C11H16N6. The van der Waals surface area contributed by atoms with Gasteiger partial charge in [0.05, 0.1) is 17.9 Å². The van der Waals surface area contributed by atoms with Crippen molar-refractivity contribution in [2.45, 2.75) is 19.4 Å². The summed E-state index contributed by atoms with van der Waals surface area (Å²) >= 11 is 0. The molecule has 2 aromatic heterocycles. The molecule has 1 aliphatic heterocycles. The largest absolute Gasteiger partial charge is 0.312 e. The van der Waals surface area contributed by atoms with Crippen LogP contribution in [-0.2, 0) is 13.5 Å². The van der Waals surface area contributed by atoms with Crippen molar-refractivity contribution in [2.75, 3.05) is 13.1 Å². The number of nitrogens with zero attached hydrogens (tertiary/aromatic N) is 5. The van der Waals surface area contributed by atoms with E-state index in [1.807, 2.05) is 28.8 Å². The van der Waals surface area contributed by atoms with E-state index >= 15 is 0 Å². The number of hydrogen-bond donors (Lipinski definition) is 1. The van der Waals surface area contributed by atoms with E-state index < -0.39 is 0 Å². The van der Waals surface area contributed by atoms with Crippen molar-refractivity contribution in [1.82, 2.24) is 30.1 Å². The standard InChI is InChI=1S/C11H16N6/c1-3-10-9(6-16(2)14-10)11-7-17(15-13-11)8-4-12-5-8/h6-8,12H,3-5H2,1-2H3. The van der Waals surface area contributed by atoms with Gasteiger partial charge in [0, 0.05) is 31.9 Å². The summed E-state index contributed by atoms with van der Waals surface area (Å²) in [5.41, 5.74) is 3.08. The normalized spacial score (nSPS) is 16.1. The molecule has 6 nitrogen and oxygen atoms in total. The van der Waals surface area contributed by atoms with Crippen molar-refractivity contribution >= 4 is 0 Å². The molecule has 0 spiro atoms. The van der Waals surface area contributed by atoms with E-state index in [2.05, 4.69) is 27.7 Å². The first-order valence-electron chi connectivity index (χ1n) is 5.93. The molecule has 0 saturated carbocycles. The van der Waals surface area contributed by atoms with Gasteiger partial charge in [-0.2, -0.15) is 5.10 Å². The van der Waals surface area contributed by atoms with Crippen molar-refractivity contribution in [3.63, 3.8) is 0 Å². The third kappa shape index (κ3) is 1.74. The van der Waals surface area contributed by atoms with E-state index in [4.69, 9.17) is 0 Å². The highest BCUT2D eigenvalue weighted by Gasteiger charge is 2.21. The maximum atomic E-state index is 4.42. The molecule has 1 fully saturated rings. The summed E-state index contributed by atoms with van der Waals surface area (Å²) in [6, 6.07) is 0.456. The summed E-state index contributed by atoms with van der Waals surface area (Å²) in [5.74, 6) is 0. The lowest BCUT2D eigenvalue weighted by atomic mass is 10.1. The molecule has 0 aromatic carbocycles. The number of hydrogen-bond acceptors (Lipinski definition) is 4. The third-order valence-electron chi connectivity index (χ3n) is 3.16. The molecule has 0 bridgehead atoms. The molecule has 1 N–H and O–H groups in total. The van der Waals surface area contributed by atoms with Crippen molar-refractivity contribution in [1.29, 1.82) is 0 Å². The van der Waals surface area contributed by atoms with Crippen molar-refractivity contribution < 1.29 is 0 Å². The topological polar surface area (TPSA) is 60.6 Å². The zero-order chi connectivity index (χ0) is 11.8. The Balaban J connectivity index is 1.94. The molecule has 0 radical (unpaired) electrons. The van der Waals surface area contributed by atoms with Gasteiger partial charge in [-0.3, -0.25) is 4.68 Å². The first kappa shape index (κ1) is 10.5. The maximum Gasteiger partial charge on any atom is 0.116 e. The number of rotatable bonds is 3. The minimum atomic E-state index is 0.456. The smallest absolute Gasteiger partial charge is 0.116 e. The summed E-state index contributed by atoms with van der Waals surface area (Å²) in [4.78, 5) is 0. The minimum absolute atomic E-state index is 0.456. The van der Waals surface area contributed by atoms with Crippen LogP contribution in [0.4, 0.5) is 0 Å². The average molecular weight is 232 g/mol. The number of aromatic nitrogens is 5. The Labute approximate surface area is 99.6 Å².